The number of rotatable bonds is 22. The Morgan fingerprint density at radius 2 is 0.672 bits per heavy atom. The van der Waals surface area contributed by atoms with E-state index < -0.39 is 81.9 Å². The summed E-state index contributed by atoms with van der Waals surface area (Å²) in [6.45, 7) is 13.5. The van der Waals surface area contributed by atoms with Crippen LogP contribution in [-0.2, 0) is 31.2 Å². The number of ether oxygens (including phenoxy) is 3. The van der Waals surface area contributed by atoms with Gasteiger partial charge in [-0.15, -0.1) is 13.2 Å². The maximum absolute atomic E-state index is 14.3. The summed E-state index contributed by atoms with van der Waals surface area (Å²) in [5, 5.41) is 33.7. The number of hydrogen-bond acceptors (Lipinski definition) is 15. The van der Waals surface area contributed by atoms with Crippen molar-refractivity contribution in [1.29, 1.82) is 0 Å². The first-order chi connectivity index (χ1) is 61.1. The van der Waals surface area contributed by atoms with Gasteiger partial charge in [-0.1, -0.05) is 91.4 Å². The van der Waals surface area contributed by atoms with Crippen LogP contribution in [0.1, 0.15) is 172 Å². The number of benzene rings is 6. The van der Waals surface area contributed by atoms with Crippen molar-refractivity contribution >= 4 is 98.9 Å². The van der Waals surface area contributed by atoms with Gasteiger partial charge in [-0.2, -0.15) is 39.5 Å². The third kappa shape index (κ3) is 24.6. The highest BCUT2D eigenvalue weighted by molar-refractivity contribution is 6.35. The number of carbonyl (C=O) groups excluding carboxylic acids is 6. The molecule has 0 aliphatic carbocycles. The van der Waals surface area contributed by atoms with Crippen LogP contribution in [0.4, 0.5) is 69.7 Å². The Kier molecular flexibility index (Phi) is 33.4. The first kappa shape index (κ1) is 104. The Bertz CT molecular complexity index is 5000. The maximum Gasteiger partial charge on any atom is 0.573 e. The van der Waals surface area contributed by atoms with E-state index in [9.17, 15) is 96.8 Å². The van der Waals surface area contributed by atoms with Crippen molar-refractivity contribution in [3.05, 3.63) is 175 Å². The summed E-state index contributed by atoms with van der Waals surface area (Å²) in [5.41, 5.74) is -10.0. The molecule has 12 rings (SSSR count). The lowest BCUT2D eigenvalue weighted by molar-refractivity contribution is -0.275. The van der Waals surface area contributed by atoms with E-state index in [1.807, 2.05) is 37.3 Å². The third-order valence-electron chi connectivity index (χ3n) is 26.6. The molecule has 3 atom stereocenters. The highest BCUT2D eigenvalue weighted by Crippen LogP contribution is 2.51. The minimum absolute atomic E-state index is 0.00906. The summed E-state index contributed by atoms with van der Waals surface area (Å²) in [5.74, 6) is -4.44. The van der Waals surface area contributed by atoms with Gasteiger partial charge < -0.3 is 73.6 Å². The van der Waals surface area contributed by atoms with Crippen LogP contribution < -0.4 is 28.9 Å². The standard InChI is InChI=1S/C32H41ClF3N3O4.C31H38Cl2F3N3O4.C31H36ClF6N3O4/c1-5-43-25-8-6-7-23(19-25)31(42,32(34,35)36)29(41)39-17-13-30(2,14-18-39)21-22-11-15-38(16-12-22)24-9-10-26(27(33)20-24)28(40)37(3)4;1-29(19-20-7-11-38(12-8-20)23-5-6-25(26(33)18-23)27(40)37(2)3)9-13-39(14-10-29)28(41)30(42,31(34,35)36)21-15-22(32)17-24(16-21)43-4;1-28(19-20-9-13-40(14-10-20)22-7-8-24(25(32)18-22)26(42)39(2)3)11-15-41(16-12-28)27(43)29(44,30(33,34)35)21-5-4-6-23(17-21)45-31(36,37)38/h6-10,19-20,22,42H,5,11-18,21H2,1-4H3;5-6,15-18,20,42H,7-14,19H2,1-4H3;4-8,17-18,20,44H,9-16,19H2,1-3H3/t31-;30-;29-/m111/s1. The molecule has 6 fully saturated rings. The van der Waals surface area contributed by atoms with Crippen LogP contribution in [0.5, 0.6) is 17.2 Å². The summed E-state index contributed by atoms with van der Waals surface area (Å²) in [6, 6.07) is 27.4. The van der Waals surface area contributed by atoms with Crippen molar-refractivity contribution in [1.82, 2.24) is 29.4 Å². The summed E-state index contributed by atoms with van der Waals surface area (Å²) in [6.07, 6.45) is -9.97. The number of alkyl halides is 12. The number of halogens is 16. The van der Waals surface area contributed by atoms with Gasteiger partial charge in [0.05, 0.1) is 45.5 Å². The molecule has 6 aromatic carbocycles. The molecule has 131 heavy (non-hydrogen) atoms. The highest BCUT2D eigenvalue weighted by Gasteiger charge is 2.65. The zero-order chi connectivity index (χ0) is 96.7. The van der Waals surface area contributed by atoms with E-state index >= 15 is 0 Å². The molecule has 6 saturated heterocycles. The largest absolute Gasteiger partial charge is 0.573 e. The second-order valence-electron chi connectivity index (χ2n) is 36.8. The normalized spacial score (nSPS) is 19.1. The molecule has 0 unspecified atom stereocenters. The van der Waals surface area contributed by atoms with Crippen LogP contribution in [0, 0.1) is 34.0 Å². The first-order valence-electron chi connectivity index (χ1n) is 43.6. The van der Waals surface area contributed by atoms with Crippen molar-refractivity contribution in [2.24, 2.45) is 34.0 Å². The topological polar surface area (TPSA) is 220 Å². The van der Waals surface area contributed by atoms with E-state index in [-0.39, 0.29) is 96.4 Å². The van der Waals surface area contributed by atoms with E-state index in [1.54, 1.807) is 73.5 Å². The SMILES string of the molecule is CCOc1cccc([C@@](O)(C(=O)N2CCC(C)(CC3CCN(c4ccc(C(=O)N(C)C)c(Cl)c4)CC3)CC2)C(F)(F)F)c1.CN(C)C(=O)c1ccc(N2CCC(CC3(C)CCN(C(=O)[C@](O)(c4cccc(OC(F)(F)F)c4)C(F)(F)F)CC3)CC2)cc1Cl.COc1cc(Cl)cc([C@@](O)(C(=O)N2CCC(C)(CC3CCN(c4ccc(C(=O)N(C)C)c(Cl)c4)CC3)CC2)C(F)(F)F)c1. The molecule has 0 spiro atoms. The number of carbonyl (C=O) groups is 6. The number of amides is 6. The molecule has 720 valence electrons. The van der Waals surface area contributed by atoms with E-state index in [2.05, 4.69) is 33.3 Å². The number of hydrogen-bond donors (Lipinski definition) is 3. The molecule has 6 heterocycles. The molecular weight excluding hydrogens is 1820 g/mol. The van der Waals surface area contributed by atoms with Gasteiger partial charge in [-0.25, -0.2) is 0 Å². The Balaban J connectivity index is 0.000000204. The number of nitrogens with zero attached hydrogens (tertiary/aromatic N) is 9. The summed E-state index contributed by atoms with van der Waals surface area (Å²) in [4.78, 5) is 91.0. The Morgan fingerprint density at radius 1 is 0.389 bits per heavy atom. The molecule has 21 nitrogen and oxygen atoms in total. The molecular formula is C94H115Cl4F12N9O12. The van der Waals surface area contributed by atoms with Crippen molar-refractivity contribution in [2.75, 3.05) is 149 Å². The predicted octanol–water partition coefficient (Wildman–Crippen LogP) is 19.1. The van der Waals surface area contributed by atoms with Gasteiger partial charge in [0.15, 0.2) is 0 Å². The van der Waals surface area contributed by atoms with Gasteiger partial charge >= 0.3 is 24.9 Å². The molecule has 6 aliphatic heterocycles. The quantitative estimate of drug-likeness (QED) is 0.0538. The number of likely N-dealkylation sites (tertiary alicyclic amines) is 3. The van der Waals surface area contributed by atoms with Crippen molar-refractivity contribution in [3.8, 4) is 17.2 Å². The van der Waals surface area contributed by atoms with Gasteiger partial charge in [-0.05, 0) is 234 Å². The maximum atomic E-state index is 14.3. The predicted molar refractivity (Wildman–Crippen MR) is 477 cm³/mol. The average Bonchev–Trinajstić information content (AvgIpc) is 0.754. The van der Waals surface area contributed by atoms with Crippen LogP contribution >= 0.6 is 46.4 Å². The van der Waals surface area contributed by atoms with E-state index in [1.165, 1.54) is 40.0 Å². The smallest absolute Gasteiger partial charge is 0.497 e. The van der Waals surface area contributed by atoms with E-state index in [4.69, 9.17) is 55.9 Å². The van der Waals surface area contributed by atoms with Gasteiger partial charge in [0.25, 0.3) is 52.2 Å². The molecule has 0 radical (unpaired) electrons. The molecule has 37 heteroatoms. The van der Waals surface area contributed by atoms with Gasteiger partial charge in [-0.3, -0.25) is 28.8 Å². The second-order valence-corrected chi connectivity index (χ2v) is 38.5. The van der Waals surface area contributed by atoms with Crippen LogP contribution in [0.25, 0.3) is 0 Å². The van der Waals surface area contributed by atoms with E-state index in [0.29, 0.717) is 94.1 Å². The second kappa shape index (κ2) is 42.0. The monoisotopic (exact) mass is 1930 g/mol. The van der Waals surface area contributed by atoms with Crippen LogP contribution in [0.3, 0.4) is 0 Å². The summed E-state index contributed by atoms with van der Waals surface area (Å²) in [7, 11) is 11.3. The van der Waals surface area contributed by atoms with Crippen LogP contribution in [-0.4, -0.2) is 240 Å². The summed E-state index contributed by atoms with van der Waals surface area (Å²) < 4.78 is 180. The number of piperidine rings is 6. The highest BCUT2D eigenvalue weighted by atomic mass is 35.5. The third-order valence-corrected chi connectivity index (χ3v) is 27.7. The van der Waals surface area contributed by atoms with Gasteiger partial charge in [0, 0.05) is 160 Å². The average molecular weight is 1930 g/mol. The minimum Gasteiger partial charge on any atom is -0.497 e. The first-order valence-corrected chi connectivity index (χ1v) is 45.1. The van der Waals surface area contributed by atoms with Crippen LogP contribution in [0.2, 0.25) is 20.1 Å². The molecule has 6 aromatic rings. The zero-order valence-corrected chi connectivity index (χ0v) is 78.2. The van der Waals surface area contributed by atoms with Crippen molar-refractivity contribution in [3.63, 3.8) is 0 Å². The number of methoxy groups -OCH3 is 1. The molecule has 6 aliphatic rings. The molecule has 0 bridgehead atoms. The van der Waals surface area contributed by atoms with E-state index in [0.717, 1.165) is 171 Å². The summed E-state index contributed by atoms with van der Waals surface area (Å²) >= 11 is 25.2. The minimum atomic E-state index is -5.50. The lowest BCUT2D eigenvalue weighted by atomic mass is 9.71. The molecule has 0 saturated carbocycles. The fraction of sp³-hybridized carbons (Fsp3) is 0.553. The fourth-order valence-electron chi connectivity index (χ4n) is 18.7. The Labute approximate surface area is 776 Å². The van der Waals surface area contributed by atoms with Gasteiger partial charge in [0.1, 0.15) is 17.2 Å². The Hall–Kier alpha value is -8.86. The molecule has 3 N–H and O–H groups in total. The number of anilines is 3. The van der Waals surface area contributed by atoms with Gasteiger partial charge in [0.2, 0.25) is 0 Å². The molecule has 0 aromatic heterocycles. The molecule has 6 amide bonds. The van der Waals surface area contributed by atoms with Crippen LogP contribution in [0.15, 0.2) is 121 Å². The lowest BCUT2D eigenvalue weighted by Crippen LogP contribution is -2.57. The van der Waals surface area contributed by atoms with Crippen molar-refractivity contribution in [2.45, 2.75) is 166 Å². The number of aliphatic hydroxyl groups is 3. The van der Waals surface area contributed by atoms with Crippen molar-refractivity contribution < 1.29 is 111 Å². The zero-order valence-electron chi connectivity index (χ0n) is 75.2. The Morgan fingerprint density at radius 3 is 0.939 bits per heavy atom. The fourth-order valence-corrected chi connectivity index (χ4v) is 19.7. The lowest BCUT2D eigenvalue weighted by Gasteiger charge is -2.45.